The number of fused-ring (bicyclic) bond motifs is 1. The topological polar surface area (TPSA) is 73.4 Å². The third kappa shape index (κ3) is 3.16. The monoisotopic (exact) mass is 449 g/mol. The third-order valence-corrected chi connectivity index (χ3v) is 5.96. The standard InChI is InChI=1S/C15H11BrF3N3O3S/c1-2-26(24,25)12-7-10(16)4-5-11(12)22-14(23)21-8-9(15(17,18)19)3-6-13(21)20-22/h3-8H,2H2,1H3. The first kappa shape index (κ1) is 18.6. The molecule has 0 N–H and O–H groups in total. The SMILES string of the molecule is CCS(=O)(=O)c1cc(Br)ccc1-n1nc2ccc(C(F)(F)F)cn2c1=O. The summed E-state index contributed by atoms with van der Waals surface area (Å²) in [5, 5.41) is 3.96. The van der Waals surface area contributed by atoms with Crippen molar-refractivity contribution in [2.75, 3.05) is 5.75 Å². The molecule has 138 valence electrons. The van der Waals surface area contributed by atoms with E-state index < -0.39 is 27.3 Å². The van der Waals surface area contributed by atoms with Crippen molar-refractivity contribution in [2.45, 2.75) is 18.0 Å². The molecule has 0 saturated heterocycles. The second-order valence-corrected chi connectivity index (χ2v) is 8.52. The minimum atomic E-state index is -4.62. The van der Waals surface area contributed by atoms with E-state index >= 15 is 0 Å². The van der Waals surface area contributed by atoms with Crippen LogP contribution in [0.15, 0.2) is 50.7 Å². The van der Waals surface area contributed by atoms with Crippen molar-refractivity contribution < 1.29 is 21.6 Å². The number of rotatable bonds is 3. The zero-order valence-corrected chi connectivity index (χ0v) is 15.6. The molecule has 0 aliphatic carbocycles. The normalized spacial score (nSPS) is 12.7. The van der Waals surface area contributed by atoms with Crippen LogP contribution in [-0.4, -0.2) is 28.4 Å². The second kappa shape index (κ2) is 6.23. The minimum absolute atomic E-state index is 0.0303. The maximum atomic E-state index is 12.9. The van der Waals surface area contributed by atoms with Crippen molar-refractivity contribution in [3.05, 3.63) is 57.0 Å². The van der Waals surface area contributed by atoms with Crippen molar-refractivity contribution in [3.63, 3.8) is 0 Å². The number of sulfone groups is 1. The first-order valence-electron chi connectivity index (χ1n) is 7.26. The maximum Gasteiger partial charge on any atom is 0.417 e. The van der Waals surface area contributed by atoms with Crippen LogP contribution in [0.4, 0.5) is 13.2 Å². The fraction of sp³-hybridized carbons (Fsp3) is 0.200. The van der Waals surface area contributed by atoms with Crippen molar-refractivity contribution in [1.82, 2.24) is 14.2 Å². The average Bonchev–Trinajstić information content (AvgIpc) is 2.90. The van der Waals surface area contributed by atoms with Gasteiger partial charge in [-0.1, -0.05) is 22.9 Å². The van der Waals surface area contributed by atoms with Gasteiger partial charge in [0.25, 0.3) is 0 Å². The van der Waals surface area contributed by atoms with Crippen LogP contribution in [0.1, 0.15) is 12.5 Å². The van der Waals surface area contributed by atoms with Gasteiger partial charge in [-0.15, -0.1) is 5.10 Å². The van der Waals surface area contributed by atoms with Crippen LogP contribution in [-0.2, 0) is 16.0 Å². The van der Waals surface area contributed by atoms with Crippen LogP contribution in [0, 0.1) is 0 Å². The molecule has 0 bridgehead atoms. The summed E-state index contributed by atoms with van der Waals surface area (Å²) < 4.78 is 65.2. The summed E-state index contributed by atoms with van der Waals surface area (Å²) in [6.07, 6.45) is -3.99. The Morgan fingerprint density at radius 1 is 1.19 bits per heavy atom. The molecule has 0 aliphatic heterocycles. The number of nitrogens with zero attached hydrogens (tertiary/aromatic N) is 3. The highest BCUT2D eigenvalue weighted by Crippen LogP contribution is 2.29. The molecular weight excluding hydrogens is 439 g/mol. The molecule has 2 heterocycles. The van der Waals surface area contributed by atoms with Crippen LogP contribution < -0.4 is 5.69 Å². The third-order valence-electron chi connectivity index (χ3n) is 3.71. The summed E-state index contributed by atoms with van der Waals surface area (Å²) in [6, 6.07) is 6.06. The first-order valence-corrected chi connectivity index (χ1v) is 9.70. The predicted molar refractivity (Wildman–Crippen MR) is 91.2 cm³/mol. The van der Waals surface area contributed by atoms with Gasteiger partial charge in [-0.3, -0.25) is 0 Å². The zero-order chi connectivity index (χ0) is 19.3. The molecular formula is C15H11BrF3N3O3S. The molecule has 2 aromatic heterocycles. The quantitative estimate of drug-likeness (QED) is 0.615. The van der Waals surface area contributed by atoms with Gasteiger partial charge in [-0.25, -0.2) is 17.6 Å². The van der Waals surface area contributed by atoms with Crippen LogP contribution in [0.2, 0.25) is 0 Å². The van der Waals surface area contributed by atoms with Gasteiger partial charge in [0.15, 0.2) is 15.5 Å². The zero-order valence-electron chi connectivity index (χ0n) is 13.2. The lowest BCUT2D eigenvalue weighted by Gasteiger charge is -2.08. The highest BCUT2D eigenvalue weighted by Gasteiger charge is 2.31. The van der Waals surface area contributed by atoms with E-state index in [-0.39, 0.29) is 22.0 Å². The van der Waals surface area contributed by atoms with E-state index in [1.54, 1.807) is 0 Å². The van der Waals surface area contributed by atoms with Gasteiger partial charge in [0.2, 0.25) is 0 Å². The first-order chi connectivity index (χ1) is 12.0. The van der Waals surface area contributed by atoms with E-state index in [2.05, 4.69) is 21.0 Å². The van der Waals surface area contributed by atoms with E-state index in [0.717, 1.165) is 21.2 Å². The highest BCUT2D eigenvalue weighted by atomic mass is 79.9. The van der Waals surface area contributed by atoms with Gasteiger partial charge in [0, 0.05) is 10.7 Å². The van der Waals surface area contributed by atoms with Gasteiger partial charge in [-0.2, -0.15) is 17.9 Å². The van der Waals surface area contributed by atoms with E-state index in [1.807, 2.05) is 0 Å². The Hall–Kier alpha value is -2.14. The van der Waals surface area contributed by atoms with Crippen molar-refractivity contribution in [2.24, 2.45) is 0 Å². The number of alkyl halides is 3. The molecule has 0 aliphatic rings. The Morgan fingerprint density at radius 3 is 2.50 bits per heavy atom. The number of aromatic nitrogens is 3. The van der Waals surface area contributed by atoms with E-state index in [9.17, 15) is 26.4 Å². The molecule has 0 unspecified atom stereocenters. The maximum absolute atomic E-state index is 12.9. The molecule has 11 heteroatoms. The molecule has 1 aromatic carbocycles. The molecule has 0 amide bonds. The van der Waals surface area contributed by atoms with Gasteiger partial charge in [0.1, 0.15) is 0 Å². The molecule has 0 radical (unpaired) electrons. The molecule has 3 aromatic rings. The Bertz CT molecular complexity index is 1170. The molecule has 0 saturated carbocycles. The number of hydrogen-bond acceptors (Lipinski definition) is 4. The van der Waals surface area contributed by atoms with Crippen LogP contribution in [0.25, 0.3) is 11.3 Å². The predicted octanol–water partition coefficient (Wildman–Crippen LogP) is 3.06. The summed E-state index contributed by atoms with van der Waals surface area (Å²) in [4.78, 5) is 12.4. The fourth-order valence-corrected chi connectivity index (χ4v) is 3.97. The van der Waals surface area contributed by atoms with Crippen molar-refractivity contribution in [1.29, 1.82) is 0 Å². The Kier molecular flexibility index (Phi) is 4.47. The van der Waals surface area contributed by atoms with Crippen LogP contribution in [0.5, 0.6) is 0 Å². The van der Waals surface area contributed by atoms with E-state index in [4.69, 9.17) is 0 Å². The Labute approximate surface area is 153 Å². The summed E-state index contributed by atoms with van der Waals surface area (Å²) in [7, 11) is -3.70. The van der Waals surface area contributed by atoms with Gasteiger partial charge in [0.05, 0.1) is 21.9 Å². The fourth-order valence-electron chi connectivity index (χ4n) is 2.37. The average molecular weight is 450 g/mol. The van der Waals surface area contributed by atoms with Crippen LogP contribution >= 0.6 is 15.9 Å². The molecule has 0 fully saturated rings. The van der Waals surface area contributed by atoms with Crippen molar-refractivity contribution in [3.8, 4) is 5.69 Å². The Balaban J connectivity index is 2.31. The Morgan fingerprint density at radius 2 is 1.88 bits per heavy atom. The number of hydrogen-bond donors (Lipinski definition) is 0. The molecule has 0 spiro atoms. The van der Waals surface area contributed by atoms with Crippen molar-refractivity contribution >= 4 is 31.4 Å². The lowest BCUT2D eigenvalue weighted by atomic mass is 10.3. The highest BCUT2D eigenvalue weighted by molar-refractivity contribution is 9.10. The lowest BCUT2D eigenvalue weighted by Crippen LogP contribution is -2.22. The minimum Gasteiger partial charge on any atom is -0.249 e. The number of benzene rings is 1. The molecule has 6 nitrogen and oxygen atoms in total. The number of halogens is 4. The molecule has 0 atom stereocenters. The number of pyridine rings is 1. The molecule has 26 heavy (non-hydrogen) atoms. The van der Waals surface area contributed by atoms with Gasteiger partial charge >= 0.3 is 11.9 Å². The largest absolute Gasteiger partial charge is 0.417 e. The summed E-state index contributed by atoms with van der Waals surface area (Å²) in [6.45, 7) is 1.45. The van der Waals surface area contributed by atoms with Gasteiger partial charge < -0.3 is 0 Å². The molecule has 3 rings (SSSR count). The summed E-state index contributed by atoms with van der Waals surface area (Å²) >= 11 is 3.17. The lowest BCUT2D eigenvalue weighted by molar-refractivity contribution is -0.137. The second-order valence-electron chi connectivity index (χ2n) is 5.35. The van der Waals surface area contributed by atoms with Crippen LogP contribution in [0.3, 0.4) is 0 Å². The van der Waals surface area contributed by atoms with E-state index in [1.165, 1.54) is 25.1 Å². The van der Waals surface area contributed by atoms with Gasteiger partial charge in [-0.05, 0) is 30.3 Å². The summed E-state index contributed by atoms with van der Waals surface area (Å²) in [5.41, 5.74) is -1.98. The van der Waals surface area contributed by atoms with E-state index in [0.29, 0.717) is 10.7 Å². The summed E-state index contributed by atoms with van der Waals surface area (Å²) in [5.74, 6) is -0.212. The smallest absolute Gasteiger partial charge is 0.249 e.